The fourth-order valence-corrected chi connectivity index (χ4v) is 3.68. The van der Waals surface area contributed by atoms with E-state index in [-0.39, 0.29) is 29.6 Å². The maximum atomic E-state index is 12.2. The highest BCUT2D eigenvalue weighted by molar-refractivity contribution is 7.91. The van der Waals surface area contributed by atoms with Gasteiger partial charge in [0.1, 0.15) is 0 Å². The first-order valence-electron chi connectivity index (χ1n) is 7.62. The van der Waals surface area contributed by atoms with Crippen molar-refractivity contribution in [2.45, 2.75) is 38.3 Å². The zero-order valence-corrected chi connectivity index (χ0v) is 14.1. The number of sulfone groups is 1. The van der Waals surface area contributed by atoms with E-state index in [4.69, 9.17) is 0 Å². The van der Waals surface area contributed by atoms with Crippen LogP contribution in [-0.4, -0.2) is 50.0 Å². The second-order valence-electron chi connectivity index (χ2n) is 5.97. The summed E-state index contributed by atoms with van der Waals surface area (Å²) in [6.45, 7) is 3.38. The van der Waals surface area contributed by atoms with Gasteiger partial charge in [0, 0.05) is 30.8 Å². The summed E-state index contributed by atoms with van der Waals surface area (Å²) in [5.74, 6) is 0.472. The summed E-state index contributed by atoms with van der Waals surface area (Å²) in [6.07, 6.45) is 0.936. The van der Waals surface area contributed by atoms with E-state index in [1.54, 1.807) is 20.9 Å². The molecule has 1 aromatic carbocycles. The highest BCUT2D eigenvalue weighted by Gasteiger charge is 2.40. The normalized spacial score (nSPS) is 22.0. The van der Waals surface area contributed by atoms with Crippen LogP contribution in [0.1, 0.15) is 31.7 Å². The van der Waals surface area contributed by atoms with Gasteiger partial charge in [-0.15, -0.1) is 0 Å². The first-order chi connectivity index (χ1) is 10.3. The third kappa shape index (κ3) is 4.22. The van der Waals surface area contributed by atoms with Crippen LogP contribution in [0.5, 0.6) is 0 Å². The molecule has 0 unspecified atom stereocenters. The summed E-state index contributed by atoms with van der Waals surface area (Å²) in [7, 11) is -1.44. The summed E-state index contributed by atoms with van der Waals surface area (Å²) >= 11 is 0. The van der Waals surface area contributed by atoms with Gasteiger partial charge in [0.2, 0.25) is 0 Å². The molecular weight excluding hydrogens is 300 g/mol. The van der Waals surface area contributed by atoms with Crippen LogP contribution >= 0.6 is 0 Å². The summed E-state index contributed by atoms with van der Waals surface area (Å²) in [5.41, 5.74) is 1.23. The van der Waals surface area contributed by atoms with E-state index in [0.29, 0.717) is 5.92 Å². The number of nitrogens with one attached hydrogen (secondary N) is 1. The van der Waals surface area contributed by atoms with E-state index >= 15 is 0 Å². The molecule has 1 saturated carbocycles. The lowest BCUT2D eigenvalue weighted by Gasteiger charge is -2.25. The van der Waals surface area contributed by atoms with Crippen LogP contribution in [0.15, 0.2) is 30.3 Å². The molecule has 1 fully saturated rings. The van der Waals surface area contributed by atoms with Crippen molar-refractivity contribution in [1.82, 2.24) is 10.2 Å². The van der Waals surface area contributed by atoms with E-state index in [2.05, 4.69) is 17.4 Å². The van der Waals surface area contributed by atoms with Crippen molar-refractivity contribution in [3.8, 4) is 0 Å². The van der Waals surface area contributed by atoms with Crippen LogP contribution in [0.3, 0.4) is 0 Å². The molecule has 0 bridgehead atoms. The number of nitrogens with zero attached hydrogens (tertiary/aromatic N) is 1. The van der Waals surface area contributed by atoms with Crippen molar-refractivity contribution in [2.24, 2.45) is 0 Å². The number of benzene rings is 1. The number of carbonyl (C=O) groups is 1. The van der Waals surface area contributed by atoms with Crippen LogP contribution in [0.4, 0.5) is 4.79 Å². The summed E-state index contributed by atoms with van der Waals surface area (Å²) < 4.78 is 23.3. The van der Waals surface area contributed by atoms with Crippen molar-refractivity contribution < 1.29 is 13.2 Å². The van der Waals surface area contributed by atoms with E-state index in [0.717, 1.165) is 6.42 Å². The summed E-state index contributed by atoms with van der Waals surface area (Å²) in [5, 5.41) is 2.98. The molecule has 2 amide bonds. The SMILES string of the molecule is CCS(=O)(=O)C[C@H](C)N(C)C(=O)N[C@H]1C[C@@H]1c1ccccc1. The fourth-order valence-electron chi connectivity index (χ4n) is 2.48. The van der Waals surface area contributed by atoms with Gasteiger partial charge in [-0.1, -0.05) is 37.3 Å². The summed E-state index contributed by atoms with van der Waals surface area (Å²) in [6, 6.07) is 9.71. The van der Waals surface area contributed by atoms with Gasteiger partial charge in [-0.3, -0.25) is 0 Å². The van der Waals surface area contributed by atoms with E-state index in [1.165, 1.54) is 10.5 Å². The average Bonchev–Trinajstić information content (AvgIpc) is 3.26. The molecule has 22 heavy (non-hydrogen) atoms. The lowest BCUT2D eigenvalue weighted by molar-refractivity contribution is 0.197. The molecule has 0 aromatic heterocycles. The Hall–Kier alpha value is -1.56. The molecule has 0 spiro atoms. The maximum Gasteiger partial charge on any atom is 0.317 e. The largest absolute Gasteiger partial charge is 0.335 e. The minimum Gasteiger partial charge on any atom is -0.335 e. The Labute approximate surface area is 132 Å². The molecular formula is C16H24N2O3S. The third-order valence-electron chi connectivity index (χ3n) is 4.24. The first-order valence-corrected chi connectivity index (χ1v) is 9.45. The molecule has 2 rings (SSSR count). The lowest BCUT2D eigenvalue weighted by atomic mass is 10.1. The van der Waals surface area contributed by atoms with Gasteiger partial charge < -0.3 is 10.2 Å². The number of hydrogen-bond donors (Lipinski definition) is 1. The van der Waals surface area contributed by atoms with E-state index in [1.807, 2.05) is 18.2 Å². The Balaban J connectivity index is 1.85. The molecule has 5 nitrogen and oxygen atoms in total. The topological polar surface area (TPSA) is 66.5 Å². The van der Waals surface area contributed by atoms with Gasteiger partial charge >= 0.3 is 6.03 Å². The van der Waals surface area contributed by atoms with Crippen LogP contribution < -0.4 is 5.32 Å². The quantitative estimate of drug-likeness (QED) is 0.870. The van der Waals surface area contributed by atoms with Crippen molar-refractivity contribution in [3.63, 3.8) is 0 Å². The molecule has 6 heteroatoms. The van der Waals surface area contributed by atoms with Crippen LogP contribution in [-0.2, 0) is 9.84 Å². The monoisotopic (exact) mass is 324 g/mol. The zero-order valence-electron chi connectivity index (χ0n) is 13.3. The predicted octanol–water partition coefficient (Wildman–Crippen LogP) is 2.01. The van der Waals surface area contributed by atoms with Gasteiger partial charge in [0.25, 0.3) is 0 Å². The Morgan fingerprint density at radius 1 is 1.36 bits per heavy atom. The average molecular weight is 324 g/mol. The smallest absolute Gasteiger partial charge is 0.317 e. The number of urea groups is 1. The lowest BCUT2D eigenvalue weighted by Crippen LogP contribution is -2.46. The second kappa shape index (κ2) is 6.69. The highest BCUT2D eigenvalue weighted by Crippen LogP contribution is 2.40. The van der Waals surface area contributed by atoms with Crippen LogP contribution in [0.2, 0.25) is 0 Å². The molecule has 1 aliphatic rings. The van der Waals surface area contributed by atoms with Crippen molar-refractivity contribution >= 4 is 15.9 Å². The number of amides is 2. The third-order valence-corrected chi connectivity index (χ3v) is 6.11. The zero-order chi connectivity index (χ0) is 16.3. The minimum atomic E-state index is -3.09. The van der Waals surface area contributed by atoms with Crippen LogP contribution in [0, 0.1) is 0 Å². The van der Waals surface area contributed by atoms with Crippen molar-refractivity contribution in [3.05, 3.63) is 35.9 Å². The van der Waals surface area contributed by atoms with Crippen molar-refractivity contribution in [2.75, 3.05) is 18.6 Å². The fraction of sp³-hybridized carbons (Fsp3) is 0.562. The molecule has 3 atom stereocenters. The molecule has 0 heterocycles. The summed E-state index contributed by atoms with van der Waals surface area (Å²) in [4.78, 5) is 13.7. The Morgan fingerprint density at radius 2 is 2.00 bits per heavy atom. The molecule has 0 saturated heterocycles. The van der Waals surface area contributed by atoms with Gasteiger partial charge in [-0.25, -0.2) is 13.2 Å². The molecule has 1 N–H and O–H groups in total. The number of carbonyl (C=O) groups excluding carboxylic acids is 1. The van der Waals surface area contributed by atoms with Gasteiger partial charge in [0.05, 0.1) is 5.75 Å². The molecule has 122 valence electrons. The second-order valence-corrected chi connectivity index (χ2v) is 8.37. The van der Waals surface area contributed by atoms with Gasteiger partial charge in [0.15, 0.2) is 9.84 Å². The molecule has 0 radical (unpaired) electrons. The maximum absolute atomic E-state index is 12.2. The number of hydrogen-bond acceptors (Lipinski definition) is 3. The van der Waals surface area contributed by atoms with Gasteiger partial charge in [-0.05, 0) is 18.9 Å². The molecule has 0 aliphatic heterocycles. The van der Waals surface area contributed by atoms with Gasteiger partial charge in [-0.2, -0.15) is 0 Å². The number of rotatable bonds is 6. The molecule has 1 aliphatic carbocycles. The Bertz CT molecular complexity index is 616. The predicted molar refractivity (Wildman–Crippen MR) is 87.7 cm³/mol. The van der Waals surface area contributed by atoms with E-state index in [9.17, 15) is 13.2 Å². The standard InChI is InChI=1S/C16H24N2O3S/c1-4-22(20,21)11-12(2)18(3)16(19)17-15-10-14(15)13-8-6-5-7-9-13/h5-9,12,14-15H,4,10-11H2,1-3H3,(H,17,19)/t12-,14+,15-/m0/s1. The molecule has 1 aromatic rings. The highest BCUT2D eigenvalue weighted by atomic mass is 32.2. The van der Waals surface area contributed by atoms with E-state index < -0.39 is 9.84 Å². The first kappa shape index (κ1) is 16.8. The Morgan fingerprint density at radius 3 is 2.59 bits per heavy atom. The van der Waals surface area contributed by atoms with Crippen molar-refractivity contribution in [1.29, 1.82) is 0 Å². The Kier molecular flexibility index (Phi) is 5.11. The minimum absolute atomic E-state index is 0.000199. The van der Waals surface area contributed by atoms with Crippen LogP contribution in [0.25, 0.3) is 0 Å².